The van der Waals surface area contributed by atoms with Gasteiger partial charge in [0, 0.05) is 18.8 Å². The van der Waals surface area contributed by atoms with Crippen LogP contribution in [-0.4, -0.2) is 46.8 Å². The number of alkyl halides is 3. The molecule has 0 aliphatic carbocycles. The molecule has 0 saturated heterocycles. The zero-order valence-electron chi connectivity index (χ0n) is 18.7. The van der Waals surface area contributed by atoms with Crippen LogP contribution in [0.25, 0.3) is 11.1 Å². The Balaban J connectivity index is 1.82. The summed E-state index contributed by atoms with van der Waals surface area (Å²) < 4.78 is 38.5. The number of halogens is 3. The Kier molecular flexibility index (Phi) is 7.28. The minimum Gasteiger partial charge on any atom is -0.481 e. The minimum atomic E-state index is -4.48. The Bertz CT molecular complexity index is 1190. The SMILES string of the molecule is CC1=CN(C)C(=O)C(NC(=O)NC(CC(=O)O)c2cccc(-c3ccc(C(F)(F)F)cc3)c2)C1=O. The molecule has 3 N–H and O–H groups in total. The van der Waals surface area contributed by atoms with Crippen molar-refractivity contribution in [2.45, 2.75) is 31.6 Å². The fourth-order valence-electron chi connectivity index (χ4n) is 3.63. The van der Waals surface area contributed by atoms with Crippen molar-refractivity contribution in [3.63, 3.8) is 0 Å². The zero-order valence-corrected chi connectivity index (χ0v) is 18.7. The standard InChI is InChI=1S/C24H22F3N3O5/c1-13-12-30(2)22(34)20(21(13)33)29-23(35)28-18(11-19(31)32)16-5-3-4-15(10-16)14-6-8-17(9-7-14)24(25,26)27/h3-10,12,18,20H,11H2,1-2H3,(H,31,32)(H2,28,29,35). The normalized spacial score (nSPS) is 17.0. The summed E-state index contributed by atoms with van der Waals surface area (Å²) in [4.78, 5) is 49.8. The van der Waals surface area contributed by atoms with Crippen LogP contribution >= 0.6 is 0 Å². The van der Waals surface area contributed by atoms with Crippen LogP contribution in [0.5, 0.6) is 0 Å². The predicted molar refractivity (Wildman–Crippen MR) is 119 cm³/mol. The number of likely N-dealkylation sites (N-methyl/N-ethyl adjacent to an activating group) is 1. The average molecular weight is 489 g/mol. The van der Waals surface area contributed by atoms with Gasteiger partial charge in [-0.1, -0.05) is 30.3 Å². The number of rotatable bonds is 6. The highest BCUT2D eigenvalue weighted by Crippen LogP contribution is 2.31. The minimum absolute atomic E-state index is 0.267. The van der Waals surface area contributed by atoms with E-state index in [2.05, 4.69) is 10.6 Å². The van der Waals surface area contributed by atoms with Gasteiger partial charge in [-0.25, -0.2) is 4.79 Å². The highest BCUT2D eigenvalue weighted by atomic mass is 19.4. The van der Waals surface area contributed by atoms with Crippen molar-refractivity contribution < 1.29 is 37.5 Å². The first-order chi connectivity index (χ1) is 16.4. The first kappa shape index (κ1) is 25.5. The van der Waals surface area contributed by atoms with Crippen molar-refractivity contribution in [1.29, 1.82) is 0 Å². The summed E-state index contributed by atoms with van der Waals surface area (Å²) in [5.74, 6) is -2.45. The van der Waals surface area contributed by atoms with E-state index in [-0.39, 0.29) is 5.57 Å². The van der Waals surface area contributed by atoms with Crippen molar-refractivity contribution in [1.82, 2.24) is 15.5 Å². The van der Waals surface area contributed by atoms with Crippen LogP contribution in [0.1, 0.15) is 30.5 Å². The topological polar surface area (TPSA) is 116 Å². The number of amides is 3. The van der Waals surface area contributed by atoms with Crippen molar-refractivity contribution in [3.8, 4) is 11.1 Å². The third kappa shape index (κ3) is 6.05. The number of nitrogens with zero attached hydrogens (tertiary/aromatic N) is 1. The van der Waals surface area contributed by atoms with Crippen molar-refractivity contribution in [3.05, 3.63) is 71.4 Å². The van der Waals surface area contributed by atoms with Crippen LogP contribution in [0, 0.1) is 0 Å². The van der Waals surface area contributed by atoms with Crippen LogP contribution in [-0.2, 0) is 20.6 Å². The molecule has 0 aromatic heterocycles. The molecular formula is C24H22F3N3O5. The molecule has 1 aliphatic heterocycles. The molecule has 1 heterocycles. The number of aliphatic carboxylic acids is 1. The van der Waals surface area contributed by atoms with E-state index in [4.69, 9.17) is 0 Å². The number of carbonyl (C=O) groups excluding carboxylic acids is 3. The number of hydrogen-bond acceptors (Lipinski definition) is 4. The molecule has 8 nitrogen and oxygen atoms in total. The van der Waals surface area contributed by atoms with Gasteiger partial charge in [-0.15, -0.1) is 0 Å². The molecule has 2 atom stereocenters. The highest BCUT2D eigenvalue weighted by molar-refractivity contribution is 6.16. The second kappa shape index (κ2) is 10.00. The van der Waals surface area contributed by atoms with Gasteiger partial charge in [-0.3, -0.25) is 14.4 Å². The lowest BCUT2D eigenvalue weighted by molar-refractivity contribution is -0.138. The molecule has 3 amide bonds. The molecule has 0 spiro atoms. The summed E-state index contributed by atoms with van der Waals surface area (Å²) >= 11 is 0. The van der Waals surface area contributed by atoms with Crippen LogP contribution in [0.2, 0.25) is 0 Å². The van der Waals surface area contributed by atoms with Crippen molar-refractivity contribution in [2.24, 2.45) is 0 Å². The third-order valence-corrected chi connectivity index (χ3v) is 5.43. The fraction of sp³-hybridized carbons (Fsp3) is 0.250. The second-order valence-corrected chi connectivity index (χ2v) is 8.03. The van der Waals surface area contributed by atoms with Gasteiger partial charge in [0.2, 0.25) is 0 Å². The van der Waals surface area contributed by atoms with E-state index in [1.165, 1.54) is 37.2 Å². The summed E-state index contributed by atoms with van der Waals surface area (Å²) in [6.07, 6.45) is -3.65. The Morgan fingerprint density at radius 1 is 1.09 bits per heavy atom. The Morgan fingerprint density at radius 2 is 1.74 bits per heavy atom. The molecule has 11 heteroatoms. The Labute approximate surface area is 198 Å². The molecule has 1 aliphatic rings. The largest absolute Gasteiger partial charge is 0.481 e. The number of carboxylic acid groups (broad SMARTS) is 1. The average Bonchev–Trinajstić information content (AvgIpc) is 2.79. The van der Waals surface area contributed by atoms with E-state index in [0.717, 1.165) is 12.1 Å². The van der Waals surface area contributed by atoms with Gasteiger partial charge in [0.25, 0.3) is 5.91 Å². The quantitative estimate of drug-likeness (QED) is 0.538. The molecule has 0 fully saturated rings. The monoisotopic (exact) mass is 489 g/mol. The maximum atomic E-state index is 12.8. The highest BCUT2D eigenvalue weighted by Gasteiger charge is 2.35. The Hall–Kier alpha value is -4.15. The van der Waals surface area contributed by atoms with Crippen molar-refractivity contribution in [2.75, 3.05) is 7.05 Å². The summed E-state index contributed by atoms with van der Waals surface area (Å²) in [6, 6.07) is 7.35. The van der Waals surface area contributed by atoms with Gasteiger partial charge in [0.1, 0.15) is 0 Å². The molecule has 0 saturated carbocycles. The number of urea groups is 1. The van der Waals surface area contributed by atoms with Gasteiger partial charge >= 0.3 is 18.2 Å². The number of benzene rings is 2. The summed E-state index contributed by atoms with van der Waals surface area (Å²) in [5, 5.41) is 14.1. The fourth-order valence-corrected chi connectivity index (χ4v) is 3.63. The number of carbonyl (C=O) groups is 4. The summed E-state index contributed by atoms with van der Waals surface area (Å²) in [5.41, 5.74) is 0.802. The second-order valence-electron chi connectivity index (χ2n) is 8.03. The van der Waals surface area contributed by atoms with Gasteiger partial charge in [-0.2, -0.15) is 13.2 Å². The lowest BCUT2D eigenvalue weighted by Crippen LogP contribution is -2.56. The van der Waals surface area contributed by atoms with Crippen LogP contribution in [0.4, 0.5) is 18.0 Å². The number of Topliss-reactive ketones (excluding diaryl/α,β-unsaturated/α-hetero) is 1. The Morgan fingerprint density at radius 3 is 2.34 bits per heavy atom. The van der Waals surface area contributed by atoms with Crippen LogP contribution in [0.15, 0.2) is 60.3 Å². The maximum Gasteiger partial charge on any atom is 0.416 e. The lowest BCUT2D eigenvalue weighted by Gasteiger charge is -2.27. The van der Waals surface area contributed by atoms with Gasteiger partial charge in [-0.05, 0) is 41.8 Å². The summed E-state index contributed by atoms with van der Waals surface area (Å²) in [6.45, 7) is 1.50. The van der Waals surface area contributed by atoms with Gasteiger partial charge < -0.3 is 20.6 Å². The first-order valence-electron chi connectivity index (χ1n) is 10.4. The molecule has 35 heavy (non-hydrogen) atoms. The van der Waals surface area contributed by atoms with E-state index >= 15 is 0 Å². The molecule has 0 radical (unpaired) electrons. The van der Waals surface area contributed by atoms with Crippen LogP contribution < -0.4 is 10.6 Å². The van der Waals surface area contributed by atoms with E-state index in [9.17, 15) is 37.5 Å². The van der Waals surface area contributed by atoms with E-state index in [1.54, 1.807) is 24.3 Å². The number of carboxylic acids is 1. The predicted octanol–water partition coefficient (Wildman–Crippen LogP) is 3.50. The number of nitrogens with one attached hydrogen (secondary N) is 2. The van der Waals surface area contributed by atoms with Gasteiger partial charge in [0.15, 0.2) is 11.8 Å². The van der Waals surface area contributed by atoms with E-state index in [1.807, 2.05) is 0 Å². The smallest absolute Gasteiger partial charge is 0.416 e. The van der Waals surface area contributed by atoms with E-state index in [0.29, 0.717) is 16.7 Å². The van der Waals surface area contributed by atoms with Crippen molar-refractivity contribution >= 4 is 23.7 Å². The third-order valence-electron chi connectivity index (χ3n) is 5.43. The first-order valence-corrected chi connectivity index (χ1v) is 10.4. The molecule has 184 valence electrons. The lowest BCUT2D eigenvalue weighted by atomic mass is 9.97. The van der Waals surface area contributed by atoms with Gasteiger partial charge in [0.05, 0.1) is 18.0 Å². The zero-order chi connectivity index (χ0) is 25.9. The molecule has 2 aromatic carbocycles. The van der Waals surface area contributed by atoms with Crippen LogP contribution in [0.3, 0.4) is 0 Å². The molecular weight excluding hydrogens is 467 g/mol. The maximum absolute atomic E-state index is 12.8. The molecule has 2 aromatic rings. The number of ketones is 1. The molecule has 3 rings (SSSR count). The summed E-state index contributed by atoms with van der Waals surface area (Å²) in [7, 11) is 1.44. The molecule has 0 bridgehead atoms. The number of hydrogen-bond donors (Lipinski definition) is 3. The molecule has 2 unspecified atom stereocenters. The van der Waals surface area contributed by atoms with E-state index < -0.39 is 53.9 Å².